The Kier molecular flexibility index (Phi) is 7.47. The number of amides is 2. The van der Waals surface area contributed by atoms with Crippen molar-refractivity contribution in [2.75, 3.05) is 31.2 Å². The summed E-state index contributed by atoms with van der Waals surface area (Å²) >= 11 is 0. The average Bonchev–Trinajstić information content (AvgIpc) is 3.37. The van der Waals surface area contributed by atoms with E-state index in [9.17, 15) is 14.4 Å². The first-order valence-electron chi connectivity index (χ1n) is 14.5. The van der Waals surface area contributed by atoms with Crippen LogP contribution in [-0.2, 0) is 23.9 Å². The van der Waals surface area contributed by atoms with Gasteiger partial charge in [-0.25, -0.2) is 0 Å². The highest BCUT2D eigenvalue weighted by Gasteiger charge is 2.71. The first-order valence-corrected chi connectivity index (χ1v) is 14.5. The van der Waals surface area contributed by atoms with E-state index in [4.69, 9.17) is 14.6 Å². The second-order valence-electron chi connectivity index (χ2n) is 11.1. The number of nitrogens with zero attached hydrogens (tertiary/aromatic N) is 2. The molecule has 40 heavy (non-hydrogen) atoms. The molecule has 4 aliphatic heterocycles. The standard InChI is InChI=1S/C32H36N2O6/c35-19-8-2-1-7-17-34-28-30(37)33(24-15-14-22-11-5-6-12-23(22)21-24)18-10-16-32(28)27(29(34)36)26-25(40-32)13-4-3-9-20-39-31(26)38/h4-6,10-16,21,25-28,35H,1-3,7-9,17-20H2/b13-4-/t25-,26+,27+,28?,32+/m1/s1. The maximum atomic E-state index is 14.5. The molecule has 0 aliphatic carbocycles. The van der Waals surface area contributed by atoms with E-state index in [-0.39, 0.29) is 18.4 Å². The number of rotatable bonds is 7. The topological polar surface area (TPSA) is 96.4 Å². The van der Waals surface area contributed by atoms with Crippen LogP contribution in [0.1, 0.15) is 38.5 Å². The number of benzene rings is 2. The van der Waals surface area contributed by atoms with Gasteiger partial charge >= 0.3 is 5.97 Å². The summed E-state index contributed by atoms with van der Waals surface area (Å²) in [5, 5.41) is 11.3. The molecule has 2 aromatic carbocycles. The number of aliphatic hydroxyl groups is 1. The Morgan fingerprint density at radius 2 is 1.77 bits per heavy atom. The summed E-state index contributed by atoms with van der Waals surface area (Å²) in [6.07, 6.45) is 11.5. The number of allylic oxidation sites excluding steroid dienone is 1. The van der Waals surface area contributed by atoms with Crippen LogP contribution in [0.2, 0.25) is 0 Å². The molecule has 1 N–H and O–H groups in total. The van der Waals surface area contributed by atoms with Gasteiger partial charge < -0.3 is 24.4 Å². The molecule has 0 bridgehead atoms. The van der Waals surface area contributed by atoms with Crippen LogP contribution in [0, 0.1) is 11.8 Å². The molecular formula is C32H36N2O6. The largest absolute Gasteiger partial charge is 0.465 e. The van der Waals surface area contributed by atoms with Gasteiger partial charge in [-0.15, -0.1) is 0 Å². The van der Waals surface area contributed by atoms with E-state index < -0.39 is 35.6 Å². The van der Waals surface area contributed by atoms with Crippen LogP contribution < -0.4 is 4.90 Å². The number of hydrogen-bond donors (Lipinski definition) is 1. The second-order valence-corrected chi connectivity index (χ2v) is 11.1. The Labute approximate surface area is 234 Å². The number of cyclic esters (lactones) is 1. The number of unbranched alkanes of at least 4 members (excludes halogenated alkanes) is 3. The molecule has 4 aliphatic rings. The summed E-state index contributed by atoms with van der Waals surface area (Å²) in [7, 11) is 0. The number of likely N-dealkylation sites (tertiary alicyclic amines) is 1. The molecule has 5 atom stereocenters. The lowest BCUT2D eigenvalue weighted by Crippen LogP contribution is -2.55. The number of ether oxygens (including phenoxy) is 2. The van der Waals surface area contributed by atoms with Crippen molar-refractivity contribution in [2.45, 2.75) is 56.3 Å². The Balaban J connectivity index is 1.39. The lowest BCUT2D eigenvalue weighted by Gasteiger charge is -2.35. The minimum absolute atomic E-state index is 0.132. The summed E-state index contributed by atoms with van der Waals surface area (Å²) in [6.45, 7) is 1.14. The normalized spacial score (nSPS) is 30.7. The highest BCUT2D eigenvalue weighted by Crippen LogP contribution is 2.53. The van der Waals surface area contributed by atoms with Crippen molar-refractivity contribution in [1.29, 1.82) is 0 Å². The fourth-order valence-electron chi connectivity index (χ4n) is 6.82. The molecule has 8 nitrogen and oxygen atoms in total. The van der Waals surface area contributed by atoms with Crippen molar-refractivity contribution < 1.29 is 29.0 Å². The van der Waals surface area contributed by atoms with Gasteiger partial charge in [0.25, 0.3) is 5.91 Å². The van der Waals surface area contributed by atoms with Gasteiger partial charge in [0.1, 0.15) is 17.6 Å². The van der Waals surface area contributed by atoms with Crippen molar-refractivity contribution >= 4 is 34.2 Å². The zero-order chi connectivity index (χ0) is 27.7. The third-order valence-electron chi connectivity index (χ3n) is 8.70. The molecular weight excluding hydrogens is 508 g/mol. The van der Waals surface area contributed by atoms with E-state index in [2.05, 4.69) is 0 Å². The van der Waals surface area contributed by atoms with Gasteiger partial charge in [-0.2, -0.15) is 0 Å². The van der Waals surface area contributed by atoms with E-state index in [1.165, 1.54) is 0 Å². The quantitative estimate of drug-likeness (QED) is 0.324. The molecule has 2 fully saturated rings. The van der Waals surface area contributed by atoms with Crippen LogP contribution in [0.5, 0.6) is 0 Å². The van der Waals surface area contributed by atoms with Crippen molar-refractivity contribution in [3.8, 4) is 0 Å². The van der Waals surface area contributed by atoms with Crippen molar-refractivity contribution in [2.24, 2.45) is 11.8 Å². The zero-order valence-corrected chi connectivity index (χ0v) is 22.6. The summed E-state index contributed by atoms with van der Waals surface area (Å²) in [5.74, 6) is -2.54. The van der Waals surface area contributed by atoms with E-state index in [1.807, 2.05) is 66.8 Å². The maximum Gasteiger partial charge on any atom is 0.312 e. The molecule has 210 valence electrons. The summed E-state index contributed by atoms with van der Waals surface area (Å²) in [6, 6.07) is 13.0. The van der Waals surface area contributed by atoms with Gasteiger partial charge in [0.2, 0.25) is 5.91 Å². The molecule has 0 saturated carbocycles. The van der Waals surface area contributed by atoms with Crippen molar-refractivity contribution in [3.63, 3.8) is 0 Å². The summed E-state index contributed by atoms with van der Waals surface area (Å²) in [5.41, 5.74) is -0.507. The van der Waals surface area contributed by atoms with Crippen LogP contribution in [-0.4, -0.2) is 71.8 Å². The van der Waals surface area contributed by atoms with Gasteiger partial charge in [-0.05, 0) is 48.6 Å². The fraction of sp³-hybridized carbons (Fsp3) is 0.469. The molecule has 6 rings (SSSR count). The Morgan fingerprint density at radius 1 is 0.950 bits per heavy atom. The molecule has 2 saturated heterocycles. The van der Waals surface area contributed by atoms with E-state index in [0.717, 1.165) is 35.7 Å². The maximum absolute atomic E-state index is 14.5. The molecule has 1 unspecified atom stereocenters. The van der Waals surface area contributed by atoms with E-state index >= 15 is 0 Å². The van der Waals surface area contributed by atoms with Crippen molar-refractivity contribution in [1.82, 2.24) is 4.90 Å². The van der Waals surface area contributed by atoms with Crippen LogP contribution in [0.15, 0.2) is 66.8 Å². The van der Waals surface area contributed by atoms with Crippen LogP contribution in [0.4, 0.5) is 5.69 Å². The first kappa shape index (κ1) is 26.7. The fourth-order valence-corrected chi connectivity index (χ4v) is 6.82. The lowest BCUT2D eigenvalue weighted by atomic mass is 9.78. The van der Waals surface area contributed by atoms with E-state index in [0.29, 0.717) is 39.0 Å². The second kappa shape index (κ2) is 11.2. The number of aliphatic hydroxyl groups excluding tert-OH is 1. The van der Waals surface area contributed by atoms with Crippen LogP contribution >= 0.6 is 0 Å². The minimum atomic E-state index is -1.26. The summed E-state index contributed by atoms with van der Waals surface area (Å²) in [4.78, 5) is 45.4. The predicted molar refractivity (Wildman–Crippen MR) is 150 cm³/mol. The number of esters is 1. The zero-order valence-electron chi connectivity index (χ0n) is 22.6. The highest BCUT2D eigenvalue weighted by atomic mass is 16.6. The number of carbonyl (C=O) groups is 3. The molecule has 0 aromatic heterocycles. The smallest absolute Gasteiger partial charge is 0.312 e. The van der Waals surface area contributed by atoms with E-state index in [1.54, 1.807) is 9.80 Å². The average molecular weight is 545 g/mol. The van der Waals surface area contributed by atoms with Gasteiger partial charge in [0, 0.05) is 25.4 Å². The molecule has 8 heteroatoms. The molecule has 0 radical (unpaired) electrons. The van der Waals surface area contributed by atoms with Crippen LogP contribution in [0.3, 0.4) is 0 Å². The predicted octanol–water partition coefficient (Wildman–Crippen LogP) is 3.77. The number of carbonyl (C=O) groups excluding carboxylic acids is 3. The van der Waals surface area contributed by atoms with Crippen molar-refractivity contribution in [3.05, 3.63) is 66.8 Å². The minimum Gasteiger partial charge on any atom is -0.465 e. The Bertz CT molecular complexity index is 1350. The third kappa shape index (κ3) is 4.53. The SMILES string of the molecule is O=C1OCCC/C=C\[C@H]2O[C@]34C=CCN(c5ccc6ccccc6c5)C(=O)C3N(CCCCCCO)C(=O)[C@@H]4[C@@H]12. The highest BCUT2D eigenvalue weighted by molar-refractivity contribution is 6.06. The third-order valence-corrected chi connectivity index (χ3v) is 8.70. The number of anilines is 1. The molecule has 2 aromatic rings. The van der Waals surface area contributed by atoms with Crippen LogP contribution in [0.25, 0.3) is 10.8 Å². The number of hydrogen-bond acceptors (Lipinski definition) is 6. The van der Waals surface area contributed by atoms with Gasteiger partial charge in [0.05, 0.1) is 18.6 Å². The Hall–Kier alpha value is -3.49. The first-order chi connectivity index (χ1) is 19.5. The lowest BCUT2D eigenvalue weighted by molar-refractivity contribution is -0.154. The van der Waals surface area contributed by atoms with Gasteiger partial charge in [-0.3, -0.25) is 14.4 Å². The number of fused-ring (bicyclic) bond motifs is 3. The molecule has 2 amide bonds. The summed E-state index contributed by atoms with van der Waals surface area (Å²) < 4.78 is 12.3. The Morgan fingerprint density at radius 3 is 2.62 bits per heavy atom. The molecule has 4 heterocycles. The van der Waals surface area contributed by atoms with Gasteiger partial charge in [0.15, 0.2) is 0 Å². The van der Waals surface area contributed by atoms with Gasteiger partial charge in [-0.1, -0.05) is 67.5 Å². The molecule has 1 spiro atoms. The monoisotopic (exact) mass is 544 g/mol.